The molecule has 132 valence electrons. The van der Waals surface area contributed by atoms with Crippen molar-refractivity contribution in [2.45, 2.75) is 11.7 Å². The Kier molecular flexibility index (Phi) is 6.19. The lowest BCUT2D eigenvalue weighted by Crippen LogP contribution is -2.14. The Morgan fingerprint density at radius 3 is 2.77 bits per heavy atom. The molecule has 1 amide bonds. The molecule has 0 radical (unpaired) electrons. The molecule has 0 atom stereocenters. The third-order valence-electron chi connectivity index (χ3n) is 3.41. The topological polar surface area (TPSA) is 72.7 Å². The van der Waals surface area contributed by atoms with Gasteiger partial charge in [0.2, 0.25) is 5.91 Å². The highest BCUT2D eigenvalue weighted by Crippen LogP contribution is 2.24. The lowest BCUT2D eigenvalue weighted by molar-refractivity contribution is -0.113. The fraction of sp³-hybridized carbons (Fsp3) is 0.111. The molecule has 3 rings (SSSR count). The van der Waals surface area contributed by atoms with Gasteiger partial charge in [-0.1, -0.05) is 33.8 Å². The van der Waals surface area contributed by atoms with Gasteiger partial charge in [0.15, 0.2) is 11.0 Å². The van der Waals surface area contributed by atoms with Crippen molar-refractivity contribution in [2.75, 3.05) is 11.1 Å². The van der Waals surface area contributed by atoms with Crippen LogP contribution in [0.4, 0.5) is 5.69 Å². The van der Waals surface area contributed by atoms with Gasteiger partial charge >= 0.3 is 0 Å². The molecule has 1 aromatic carbocycles. The average Bonchev–Trinajstić information content (AvgIpc) is 3.06. The van der Waals surface area contributed by atoms with Gasteiger partial charge in [0.1, 0.15) is 0 Å². The van der Waals surface area contributed by atoms with Crippen LogP contribution >= 0.6 is 27.7 Å². The smallest absolute Gasteiger partial charge is 0.234 e. The summed E-state index contributed by atoms with van der Waals surface area (Å²) in [5, 5.41) is 12.0. The van der Waals surface area contributed by atoms with E-state index < -0.39 is 0 Å². The first kappa shape index (κ1) is 18.3. The van der Waals surface area contributed by atoms with Crippen molar-refractivity contribution in [1.82, 2.24) is 19.7 Å². The maximum absolute atomic E-state index is 12.2. The van der Waals surface area contributed by atoms with E-state index in [1.807, 2.05) is 41.0 Å². The van der Waals surface area contributed by atoms with Crippen molar-refractivity contribution < 1.29 is 4.79 Å². The second-order valence-corrected chi connectivity index (χ2v) is 7.15. The van der Waals surface area contributed by atoms with Gasteiger partial charge < -0.3 is 5.32 Å². The zero-order valence-electron chi connectivity index (χ0n) is 13.8. The Bertz CT molecular complexity index is 896. The van der Waals surface area contributed by atoms with Crippen molar-refractivity contribution in [3.05, 3.63) is 65.9 Å². The number of nitrogens with zero attached hydrogens (tertiary/aromatic N) is 4. The van der Waals surface area contributed by atoms with Crippen molar-refractivity contribution in [3.8, 4) is 11.4 Å². The van der Waals surface area contributed by atoms with Crippen molar-refractivity contribution in [1.29, 1.82) is 0 Å². The molecule has 0 spiro atoms. The predicted octanol–water partition coefficient (Wildman–Crippen LogP) is 4.02. The second-order valence-electron chi connectivity index (χ2n) is 5.29. The monoisotopic (exact) mass is 429 g/mol. The summed E-state index contributed by atoms with van der Waals surface area (Å²) in [5.74, 6) is 0.834. The van der Waals surface area contributed by atoms with E-state index in [-0.39, 0.29) is 11.7 Å². The summed E-state index contributed by atoms with van der Waals surface area (Å²) < 4.78 is 2.88. The first-order chi connectivity index (χ1) is 12.7. The Hall–Kier alpha value is -2.45. The number of carbonyl (C=O) groups is 1. The first-order valence-electron chi connectivity index (χ1n) is 7.80. The number of nitrogens with one attached hydrogen (secondary N) is 1. The van der Waals surface area contributed by atoms with Crippen molar-refractivity contribution in [2.24, 2.45) is 0 Å². The molecule has 0 saturated carbocycles. The number of rotatable bonds is 7. The van der Waals surface area contributed by atoms with Crippen LogP contribution < -0.4 is 5.32 Å². The second kappa shape index (κ2) is 8.77. The number of benzene rings is 1. The molecule has 6 nitrogen and oxygen atoms in total. The van der Waals surface area contributed by atoms with Crippen LogP contribution in [0.1, 0.15) is 0 Å². The van der Waals surface area contributed by atoms with E-state index in [4.69, 9.17) is 0 Å². The van der Waals surface area contributed by atoms with Crippen LogP contribution in [0.3, 0.4) is 0 Å². The van der Waals surface area contributed by atoms with Crippen LogP contribution in [0.25, 0.3) is 11.4 Å². The molecule has 0 saturated heterocycles. The van der Waals surface area contributed by atoms with Crippen LogP contribution in [0.15, 0.2) is 71.1 Å². The van der Waals surface area contributed by atoms with Crippen molar-refractivity contribution in [3.63, 3.8) is 0 Å². The van der Waals surface area contributed by atoms with Gasteiger partial charge in [0, 0.05) is 34.7 Å². The molecule has 0 fully saturated rings. The summed E-state index contributed by atoms with van der Waals surface area (Å²) in [7, 11) is 0. The van der Waals surface area contributed by atoms with Crippen LogP contribution in [0.2, 0.25) is 0 Å². The number of pyridine rings is 1. The van der Waals surface area contributed by atoms with Gasteiger partial charge in [-0.3, -0.25) is 14.3 Å². The highest BCUT2D eigenvalue weighted by atomic mass is 79.9. The van der Waals surface area contributed by atoms with Crippen LogP contribution in [-0.2, 0) is 11.3 Å². The van der Waals surface area contributed by atoms with E-state index in [0.29, 0.717) is 17.5 Å². The molecular weight excluding hydrogens is 414 g/mol. The predicted molar refractivity (Wildman–Crippen MR) is 107 cm³/mol. The normalized spacial score (nSPS) is 10.5. The van der Waals surface area contributed by atoms with E-state index in [2.05, 4.69) is 43.0 Å². The highest BCUT2D eigenvalue weighted by molar-refractivity contribution is 9.10. The zero-order chi connectivity index (χ0) is 18.4. The largest absolute Gasteiger partial charge is 0.325 e. The molecule has 2 heterocycles. The van der Waals surface area contributed by atoms with Gasteiger partial charge in [0.05, 0.1) is 5.75 Å². The molecule has 8 heteroatoms. The molecule has 26 heavy (non-hydrogen) atoms. The minimum Gasteiger partial charge on any atom is -0.325 e. The third-order valence-corrected chi connectivity index (χ3v) is 4.90. The van der Waals surface area contributed by atoms with Gasteiger partial charge in [0.25, 0.3) is 0 Å². The minimum absolute atomic E-state index is 0.103. The SMILES string of the molecule is C=CCn1c(SCC(=O)Nc2ccc(Br)cc2)nnc1-c1cccnc1. The first-order valence-corrected chi connectivity index (χ1v) is 9.58. The molecule has 0 aliphatic heterocycles. The summed E-state index contributed by atoms with van der Waals surface area (Å²) >= 11 is 4.70. The molecule has 0 unspecified atom stereocenters. The number of anilines is 1. The van der Waals surface area contributed by atoms with Gasteiger partial charge in [-0.2, -0.15) is 0 Å². The Balaban J connectivity index is 1.69. The molecule has 3 aromatic rings. The van der Waals surface area contributed by atoms with Gasteiger partial charge in [-0.15, -0.1) is 16.8 Å². The minimum atomic E-state index is -0.103. The number of carbonyl (C=O) groups excluding carboxylic acids is 1. The Morgan fingerprint density at radius 2 is 2.08 bits per heavy atom. The van der Waals surface area contributed by atoms with Crippen LogP contribution in [0.5, 0.6) is 0 Å². The number of allylic oxidation sites excluding steroid dienone is 1. The van der Waals surface area contributed by atoms with E-state index in [1.165, 1.54) is 11.8 Å². The standard InChI is InChI=1S/C18H16BrN5OS/c1-2-10-24-17(13-4-3-9-20-11-13)22-23-18(24)26-12-16(25)21-15-7-5-14(19)6-8-15/h2-9,11H,1,10,12H2,(H,21,25). The van der Waals surface area contributed by atoms with Crippen LogP contribution in [0, 0.1) is 0 Å². The molecule has 0 aliphatic carbocycles. The molecule has 1 N–H and O–H groups in total. The summed E-state index contributed by atoms with van der Waals surface area (Å²) in [6.07, 6.45) is 5.22. The molecule has 0 aliphatic rings. The number of hydrogen-bond acceptors (Lipinski definition) is 5. The van der Waals surface area contributed by atoms with Gasteiger partial charge in [-0.25, -0.2) is 0 Å². The molecular formula is C18H16BrN5OS. The molecule has 2 aromatic heterocycles. The van der Waals surface area contributed by atoms with E-state index in [1.54, 1.807) is 18.5 Å². The molecule has 0 bridgehead atoms. The zero-order valence-corrected chi connectivity index (χ0v) is 16.2. The summed E-state index contributed by atoms with van der Waals surface area (Å²) in [6.45, 7) is 4.33. The lowest BCUT2D eigenvalue weighted by Gasteiger charge is -2.08. The average molecular weight is 430 g/mol. The number of hydrogen-bond donors (Lipinski definition) is 1. The number of thioether (sulfide) groups is 1. The lowest BCUT2D eigenvalue weighted by atomic mass is 10.3. The van der Waals surface area contributed by atoms with E-state index in [9.17, 15) is 4.79 Å². The number of aromatic nitrogens is 4. The van der Waals surface area contributed by atoms with E-state index >= 15 is 0 Å². The highest BCUT2D eigenvalue weighted by Gasteiger charge is 2.15. The summed E-state index contributed by atoms with van der Waals surface area (Å²) in [5.41, 5.74) is 1.62. The summed E-state index contributed by atoms with van der Waals surface area (Å²) in [6, 6.07) is 11.2. The summed E-state index contributed by atoms with van der Waals surface area (Å²) in [4.78, 5) is 16.3. The maximum Gasteiger partial charge on any atom is 0.234 e. The Labute approximate surface area is 163 Å². The quantitative estimate of drug-likeness (QED) is 0.453. The van der Waals surface area contributed by atoms with E-state index in [0.717, 1.165) is 15.7 Å². The van der Waals surface area contributed by atoms with Crippen molar-refractivity contribution >= 4 is 39.3 Å². The maximum atomic E-state index is 12.2. The number of halogens is 1. The number of amides is 1. The van der Waals surface area contributed by atoms with Gasteiger partial charge in [-0.05, 0) is 36.4 Å². The van der Waals surface area contributed by atoms with Crippen LogP contribution in [-0.4, -0.2) is 31.4 Å². The fourth-order valence-electron chi connectivity index (χ4n) is 2.26. The third kappa shape index (κ3) is 4.59. The fourth-order valence-corrected chi connectivity index (χ4v) is 3.27. The Morgan fingerprint density at radius 1 is 1.27 bits per heavy atom.